The highest BCUT2D eigenvalue weighted by molar-refractivity contribution is 5.76. The molecule has 0 saturated heterocycles. The zero-order valence-corrected chi connectivity index (χ0v) is 28.3. The summed E-state index contributed by atoms with van der Waals surface area (Å²) in [5, 5.41) is 22.8. The molecular weight excluding hydrogens is 518 g/mol. The Kier molecular flexibility index (Phi) is 33.4. The Morgan fingerprint density at radius 2 is 0.929 bits per heavy atom. The van der Waals surface area contributed by atoms with Crippen LogP contribution in [0.1, 0.15) is 194 Å². The first-order valence-electron chi connectivity index (χ1n) is 18.6. The summed E-state index contributed by atoms with van der Waals surface area (Å²) < 4.78 is 0. The lowest BCUT2D eigenvalue weighted by atomic mass is 10.0. The molecule has 2 unspecified atom stereocenters. The number of amides is 1. The SMILES string of the molecule is CCCCCCCCCCCCCCC/C=C/CC/C=C/C(O)C(CO)NC(=O)CCCCCCCCCCCCC. The summed E-state index contributed by atoms with van der Waals surface area (Å²) >= 11 is 0. The molecule has 0 aliphatic rings. The first kappa shape index (κ1) is 40.9. The van der Waals surface area contributed by atoms with Crippen LogP contribution in [0.15, 0.2) is 24.3 Å². The van der Waals surface area contributed by atoms with Gasteiger partial charge in [0, 0.05) is 6.42 Å². The number of carbonyl (C=O) groups is 1. The van der Waals surface area contributed by atoms with E-state index in [1.54, 1.807) is 6.08 Å². The molecule has 4 heteroatoms. The van der Waals surface area contributed by atoms with Gasteiger partial charge in [-0.15, -0.1) is 0 Å². The fraction of sp³-hybridized carbons (Fsp3) is 0.868. The molecule has 0 heterocycles. The van der Waals surface area contributed by atoms with Gasteiger partial charge in [-0.2, -0.15) is 0 Å². The van der Waals surface area contributed by atoms with Gasteiger partial charge in [0.05, 0.1) is 18.8 Å². The van der Waals surface area contributed by atoms with Crippen LogP contribution >= 0.6 is 0 Å². The van der Waals surface area contributed by atoms with Crippen LogP contribution in [0.2, 0.25) is 0 Å². The van der Waals surface area contributed by atoms with Crippen molar-refractivity contribution in [1.82, 2.24) is 5.32 Å². The largest absolute Gasteiger partial charge is 0.394 e. The highest BCUT2D eigenvalue weighted by Gasteiger charge is 2.17. The van der Waals surface area contributed by atoms with Gasteiger partial charge in [-0.05, 0) is 32.1 Å². The van der Waals surface area contributed by atoms with Gasteiger partial charge in [-0.1, -0.05) is 179 Å². The molecule has 0 spiro atoms. The van der Waals surface area contributed by atoms with E-state index in [-0.39, 0.29) is 12.5 Å². The van der Waals surface area contributed by atoms with Crippen molar-refractivity contribution >= 4 is 5.91 Å². The summed E-state index contributed by atoms with van der Waals surface area (Å²) in [4.78, 5) is 12.3. The maximum absolute atomic E-state index is 12.3. The lowest BCUT2D eigenvalue weighted by Crippen LogP contribution is -2.45. The molecule has 0 fully saturated rings. The van der Waals surface area contributed by atoms with Crippen molar-refractivity contribution in [3.63, 3.8) is 0 Å². The zero-order valence-electron chi connectivity index (χ0n) is 28.3. The van der Waals surface area contributed by atoms with E-state index in [1.165, 1.54) is 141 Å². The highest BCUT2D eigenvalue weighted by atomic mass is 16.3. The first-order chi connectivity index (χ1) is 20.7. The molecule has 2 atom stereocenters. The van der Waals surface area contributed by atoms with Gasteiger partial charge >= 0.3 is 0 Å². The number of aliphatic hydroxyl groups is 2. The van der Waals surface area contributed by atoms with E-state index in [9.17, 15) is 15.0 Å². The normalized spacial score (nSPS) is 13.3. The molecule has 42 heavy (non-hydrogen) atoms. The summed E-state index contributed by atoms with van der Waals surface area (Å²) in [5.74, 6) is -0.0754. The molecular formula is C38H73NO3. The van der Waals surface area contributed by atoms with Crippen molar-refractivity contribution in [3.05, 3.63) is 24.3 Å². The van der Waals surface area contributed by atoms with Crippen molar-refractivity contribution < 1.29 is 15.0 Å². The van der Waals surface area contributed by atoms with Crippen LogP contribution in [0.3, 0.4) is 0 Å². The Labute approximate surface area is 262 Å². The van der Waals surface area contributed by atoms with Crippen LogP contribution in [0, 0.1) is 0 Å². The Bertz CT molecular complexity index is 603. The van der Waals surface area contributed by atoms with Crippen LogP contribution in [0.4, 0.5) is 0 Å². The van der Waals surface area contributed by atoms with E-state index in [4.69, 9.17) is 0 Å². The third-order valence-corrected chi connectivity index (χ3v) is 8.44. The molecule has 0 saturated carbocycles. The number of allylic oxidation sites excluding steroid dienone is 3. The number of hydrogen-bond acceptors (Lipinski definition) is 3. The van der Waals surface area contributed by atoms with Gasteiger partial charge in [-0.25, -0.2) is 0 Å². The maximum Gasteiger partial charge on any atom is 0.220 e. The number of aliphatic hydroxyl groups excluding tert-OH is 2. The highest BCUT2D eigenvalue weighted by Crippen LogP contribution is 2.14. The molecule has 0 radical (unpaired) electrons. The average Bonchev–Trinajstić information content (AvgIpc) is 2.99. The van der Waals surface area contributed by atoms with E-state index in [0.717, 1.165) is 32.1 Å². The second-order valence-corrected chi connectivity index (χ2v) is 12.6. The third kappa shape index (κ3) is 30.3. The lowest BCUT2D eigenvalue weighted by molar-refractivity contribution is -0.123. The van der Waals surface area contributed by atoms with Gasteiger partial charge in [-0.3, -0.25) is 4.79 Å². The minimum absolute atomic E-state index is 0.0754. The minimum atomic E-state index is -0.856. The zero-order chi connectivity index (χ0) is 30.8. The summed E-state index contributed by atoms with van der Waals surface area (Å²) in [6.45, 7) is 4.28. The Hall–Kier alpha value is -1.13. The number of unbranched alkanes of at least 4 members (excludes halogenated alkanes) is 24. The third-order valence-electron chi connectivity index (χ3n) is 8.44. The van der Waals surface area contributed by atoms with Gasteiger partial charge in [0.15, 0.2) is 0 Å². The monoisotopic (exact) mass is 592 g/mol. The lowest BCUT2D eigenvalue weighted by Gasteiger charge is -2.19. The molecule has 0 aliphatic heterocycles. The molecule has 0 aromatic carbocycles. The van der Waals surface area contributed by atoms with Gasteiger partial charge in [0.1, 0.15) is 0 Å². The van der Waals surface area contributed by atoms with Crippen LogP contribution in [-0.2, 0) is 4.79 Å². The Morgan fingerprint density at radius 3 is 1.38 bits per heavy atom. The molecule has 1 amide bonds. The average molecular weight is 592 g/mol. The predicted octanol–water partition coefficient (Wildman–Crippen LogP) is 10.9. The van der Waals surface area contributed by atoms with Gasteiger partial charge < -0.3 is 15.5 Å². The number of nitrogens with one attached hydrogen (secondary N) is 1. The van der Waals surface area contributed by atoms with Crippen molar-refractivity contribution in [2.45, 2.75) is 206 Å². The summed E-state index contributed by atoms with van der Waals surface area (Å²) in [6.07, 6.45) is 42.7. The summed E-state index contributed by atoms with van der Waals surface area (Å²) in [6, 6.07) is -0.632. The quantitative estimate of drug-likeness (QED) is 0.0525. The second-order valence-electron chi connectivity index (χ2n) is 12.6. The van der Waals surface area contributed by atoms with Gasteiger partial charge in [0.25, 0.3) is 0 Å². The molecule has 0 aromatic heterocycles. The van der Waals surface area contributed by atoms with Crippen molar-refractivity contribution in [1.29, 1.82) is 0 Å². The molecule has 248 valence electrons. The molecule has 0 bridgehead atoms. The second kappa shape index (κ2) is 34.4. The van der Waals surface area contributed by atoms with Crippen LogP contribution < -0.4 is 5.32 Å². The fourth-order valence-electron chi connectivity index (χ4n) is 5.55. The van der Waals surface area contributed by atoms with E-state index < -0.39 is 12.1 Å². The van der Waals surface area contributed by atoms with Crippen LogP contribution in [-0.4, -0.2) is 34.9 Å². The smallest absolute Gasteiger partial charge is 0.220 e. The molecule has 0 aromatic rings. The number of rotatable bonds is 33. The Balaban J connectivity index is 3.64. The summed E-state index contributed by atoms with van der Waals surface area (Å²) in [7, 11) is 0. The topological polar surface area (TPSA) is 69.6 Å². The summed E-state index contributed by atoms with van der Waals surface area (Å²) in [5.41, 5.74) is 0. The first-order valence-corrected chi connectivity index (χ1v) is 18.6. The van der Waals surface area contributed by atoms with Crippen LogP contribution in [0.5, 0.6) is 0 Å². The van der Waals surface area contributed by atoms with E-state index in [2.05, 4.69) is 31.3 Å². The minimum Gasteiger partial charge on any atom is -0.394 e. The van der Waals surface area contributed by atoms with Gasteiger partial charge in [0.2, 0.25) is 5.91 Å². The van der Waals surface area contributed by atoms with Crippen LogP contribution in [0.25, 0.3) is 0 Å². The molecule has 0 aliphatic carbocycles. The van der Waals surface area contributed by atoms with Crippen molar-refractivity contribution in [2.75, 3.05) is 6.61 Å². The fourth-order valence-corrected chi connectivity index (χ4v) is 5.55. The number of hydrogen-bond donors (Lipinski definition) is 3. The number of carbonyl (C=O) groups excluding carboxylic acids is 1. The molecule has 0 rings (SSSR count). The standard InChI is InChI=1S/C38H73NO3/c1-3-5-7-9-11-13-15-16-17-18-19-20-21-22-24-25-27-29-31-33-37(41)36(35-40)39-38(42)34-32-30-28-26-23-14-12-10-8-6-4-2/h24-25,31,33,36-37,40-41H,3-23,26-30,32,34-35H2,1-2H3,(H,39,42)/b25-24+,33-31+. The van der Waals surface area contributed by atoms with E-state index >= 15 is 0 Å². The van der Waals surface area contributed by atoms with Crippen molar-refractivity contribution in [3.8, 4) is 0 Å². The molecule has 4 nitrogen and oxygen atoms in total. The van der Waals surface area contributed by atoms with E-state index in [1.807, 2.05) is 6.08 Å². The Morgan fingerprint density at radius 1 is 0.548 bits per heavy atom. The predicted molar refractivity (Wildman–Crippen MR) is 184 cm³/mol. The van der Waals surface area contributed by atoms with Crippen molar-refractivity contribution in [2.24, 2.45) is 0 Å². The molecule has 3 N–H and O–H groups in total. The van der Waals surface area contributed by atoms with E-state index in [0.29, 0.717) is 6.42 Å². The maximum atomic E-state index is 12.3.